The molecule has 0 aromatic carbocycles. The van der Waals surface area contributed by atoms with Crippen LogP contribution in [0.2, 0.25) is 0 Å². The maximum Gasteiger partial charge on any atom is 0.223 e. The summed E-state index contributed by atoms with van der Waals surface area (Å²) in [5.74, 6) is 1.31. The molecule has 3 unspecified atom stereocenters. The number of amides is 1. The average molecular weight is 326 g/mol. The zero-order valence-electron chi connectivity index (χ0n) is 13.8. The number of piperidine rings is 1. The number of halogens is 1. The highest BCUT2D eigenvalue weighted by atomic mass is 35.5. The topological polar surface area (TPSA) is 45.2 Å². The third kappa shape index (κ3) is 4.96. The fourth-order valence-corrected chi connectivity index (χ4v) is 3.03. The molecular weight excluding hydrogens is 298 g/mol. The largest absolute Gasteiger partial charge is 0.339 e. The van der Waals surface area contributed by atoms with Gasteiger partial charge in [0.1, 0.15) is 0 Å². The molecular formula is C17H28ClN3O. The van der Waals surface area contributed by atoms with Crippen LogP contribution in [0.3, 0.4) is 0 Å². The van der Waals surface area contributed by atoms with Crippen LogP contribution in [0.4, 0.5) is 0 Å². The van der Waals surface area contributed by atoms with Crippen LogP contribution in [-0.4, -0.2) is 35.9 Å². The lowest BCUT2D eigenvalue weighted by Crippen LogP contribution is -2.36. The SMILES string of the molecule is CC(CC(=O)N(C)C(C)c1ccncc1)C1CCCNC1.Cl. The van der Waals surface area contributed by atoms with E-state index in [-0.39, 0.29) is 24.4 Å². The predicted molar refractivity (Wildman–Crippen MR) is 92.0 cm³/mol. The van der Waals surface area contributed by atoms with Gasteiger partial charge in [-0.15, -0.1) is 12.4 Å². The number of carbonyl (C=O) groups is 1. The van der Waals surface area contributed by atoms with Crippen LogP contribution in [0.15, 0.2) is 24.5 Å². The third-order valence-corrected chi connectivity index (χ3v) is 4.80. The van der Waals surface area contributed by atoms with E-state index in [4.69, 9.17) is 0 Å². The number of nitrogens with zero attached hydrogens (tertiary/aromatic N) is 2. The number of pyridine rings is 1. The molecule has 0 aliphatic carbocycles. The molecule has 4 nitrogen and oxygen atoms in total. The van der Waals surface area contributed by atoms with E-state index in [0.29, 0.717) is 18.3 Å². The zero-order chi connectivity index (χ0) is 15.2. The van der Waals surface area contributed by atoms with E-state index in [1.165, 1.54) is 12.8 Å². The van der Waals surface area contributed by atoms with E-state index in [9.17, 15) is 4.79 Å². The van der Waals surface area contributed by atoms with Gasteiger partial charge in [0.2, 0.25) is 5.91 Å². The van der Waals surface area contributed by atoms with Crippen LogP contribution in [0, 0.1) is 11.8 Å². The Morgan fingerprint density at radius 1 is 1.41 bits per heavy atom. The van der Waals surface area contributed by atoms with Crippen LogP contribution in [0.1, 0.15) is 44.7 Å². The molecule has 1 saturated heterocycles. The number of rotatable bonds is 5. The minimum atomic E-state index is 0. The molecule has 0 bridgehead atoms. The van der Waals surface area contributed by atoms with Crippen molar-refractivity contribution in [3.8, 4) is 0 Å². The first kappa shape index (κ1) is 18.9. The highest BCUT2D eigenvalue weighted by Crippen LogP contribution is 2.25. The fourth-order valence-electron chi connectivity index (χ4n) is 3.03. The van der Waals surface area contributed by atoms with Crippen LogP contribution < -0.4 is 5.32 Å². The lowest BCUT2D eigenvalue weighted by Gasteiger charge is -2.31. The van der Waals surface area contributed by atoms with E-state index in [1.54, 1.807) is 12.4 Å². The lowest BCUT2D eigenvalue weighted by atomic mass is 9.85. The van der Waals surface area contributed by atoms with Crippen LogP contribution in [0.25, 0.3) is 0 Å². The molecule has 124 valence electrons. The Morgan fingerprint density at radius 3 is 2.68 bits per heavy atom. The predicted octanol–water partition coefficient (Wildman–Crippen LogP) is 3.05. The van der Waals surface area contributed by atoms with Crippen molar-refractivity contribution < 1.29 is 4.79 Å². The van der Waals surface area contributed by atoms with Crippen LogP contribution in [0.5, 0.6) is 0 Å². The molecule has 0 radical (unpaired) electrons. The van der Waals surface area contributed by atoms with Crippen molar-refractivity contribution in [2.75, 3.05) is 20.1 Å². The summed E-state index contributed by atoms with van der Waals surface area (Å²) >= 11 is 0. The number of hydrogen-bond acceptors (Lipinski definition) is 3. The fraction of sp³-hybridized carbons (Fsp3) is 0.647. The number of hydrogen-bond donors (Lipinski definition) is 1. The van der Waals surface area contributed by atoms with Gasteiger partial charge in [-0.2, -0.15) is 0 Å². The molecule has 3 atom stereocenters. The average Bonchev–Trinajstić information content (AvgIpc) is 2.55. The van der Waals surface area contributed by atoms with Gasteiger partial charge in [-0.25, -0.2) is 0 Å². The smallest absolute Gasteiger partial charge is 0.223 e. The molecule has 1 aliphatic heterocycles. The van der Waals surface area contributed by atoms with E-state index < -0.39 is 0 Å². The Bertz CT molecular complexity index is 448. The molecule has 1 aromatic rings. The molecule has 1 fully saturated rings. The molecule has 1 aromatic heterocycles. The molecule has 2 rings (SSSR count). The van der Waals surface area contributed by atoms with Gasteiger partial charge in [-0.05, 0) is 62.4 Å². The van der Waals surface area contributed by atoms with Gasteiger partial charge in [0.05, 0.1) is 6.04 Å². The Hall–Kier alpha value is -1.13. The highest BCUT2D eigenvalue weighted by molar-refractivity contribution is 5.85. The maximum absolute atomic E-state index is 12.5. The summed E-state index contributed by atoms with van der Waals surface area (Å²) < 4.78 is 0. The summed E-state index contributed by atoms with van der Waals surface area (Å²) in [7, 11) is 1.90. The monoisotopic (exact) mass is 325 g/mol. The molecule has 1 amide bonds. The van der Waals surface area contributed by atoms with Crippen molar-refractivity contribution in [3.63, 3.8) is 0 Å². The summed E-state index contributed by atoms with van der Waals surface area (Å²) in [4.78, 5) is 18.4. The maximum atomic E-state index is 12.5. The van der Waals surface area contributed by atoms with Gasteiger partial charge in [0.25, 0.3) is 0 Å². The molecule has 0 spiro atoms. The van der Waals surface area contributed by atoms with Gasteiger partial charge in [0.15, 0.2) is 0 Å². The standard InChI is InChI=1S/C17H27N3O.ClH/c1-13(16-5-4-8-19-12-16)11-17(21)20(3)14(2)15-6-9-18-10-7-15;/h6-7,9-10,13-14,16,19H,4-5,8,11-12H2,1-3H3;1H. The van der Waals surface area contributed by atoms with Crippen molar-refractivity contribution in [2.24, 2.45) is 11.8 Å². The first-order valence-corrected chi connectivity index (χ1v) is 7.96. The van der Waals surface area contributed by atoms with Crippen molar-refractivity contribution in [2.45, 2.75) is 39.2 Å². The van der Waals surface area contributed by atoms with Crippen molar-refractivity contribution in [1.82, 2.24) is 15.2 Å². The molecule has 1 N–H and O–H groups in total. The Labute approximate surface area is 140 Å². The summed E-state index contributed by atoms with van der Waals surface area (Å²) in [6.07, 6.45) is 6.66. The summed E-state index contributed by atoms with van der Waals surface area (Å²) in [5.41, 5.74) is 1.13. The number of nitrogens with one attached hydrogen (secondary N) is 1. The molecule has 0 saturated carbocycles. The minimum Gasteiger partial charge on any atom is -0.339 e. The molecule has 1 aliphatic rings. The van der Waals surface area contributed by atoms with Gasteiger partial charge in [0, 0.05) is 25.9 Å². The van der Waals surface area contributed by atoms with Crippen LogP contribution >= 0.6 is 12.4 Å². The quantitative estimate of drug-likeness (QED) is 0.905. The summed E-state index contributed by atoms with van der Waals surface area (Å²) in [5, 5.41) is 3.43. The van der Waals surface area contributed by atoms with Crippen molar-refractivity contribution in [1.29, 1.82) is 0 Å². The number of aromatic nitrogens is 1. The van der Waals surface area contributed by atoms with Crippen molar-refractivity contribution in [3.05, 3.63) is 30.1 Å². The first-order valence-electron chi connectivity index (χ1n) is 7.96. The molecule has 22 heavy (non-hydrogen) atoms. The Morgan fingerprint density at radius 2 is 2.09 bits per heavy atom. The van der Waals surface area contributed by atoms with Gasteiger partial charge >= 0.3 is 0 Å². The summed E-state index contributed by atoms with van der Waals surface area (Å²) in [6.45, 7) is 6.45. The van der Waals surface area contributed by atoms with E-state index in [0.717, 1.165) is 18.7 Å². The zero-order valence-corrected chi connectivity index (χ0v) is 14.6. The second-order valence-corrected chi connectivity index (χ2v) is 6.25. The van der Waals surface area contributed by atoms with Crippen molar-refractivity contribution >= 4 is 18.3 Å². The van der Waals surface area contributed by atoms with Gasteiger partial charge in [-0.1, -0.05) is 6.92 Å². The molecule has 5 heteroatoms. The Balaban J connectivity index is 0.00000242. The minimum absolute atomic E-state index is 0. The van der Waals surface area contributed by atoms with Gasteiger partial charge < -0.3 is 10.2 Å². The first-order chi connectivity index (χ1) is 10.1. The van der Waals surface area contributed by atoms with Gasteiger partial charge in [-0.3, -0.25) is 9.78 Å². The normalized spacial score (nSPS) is 20.6. The summed E-state index contributed by atoms with van der Waals surface area (Å²) in [6, 6.07) is 4.04. The van der Waals surface area contributed by atoms with E-state index >= 15 is 0 Å². The molecule has 2 heterocycles. The lowest BCUT2D eigenvalue weighted by molar-refractivity contribution is -0.133. The third-order valence-electron chi connectivity index (χ3n) is 4.80. The number of carbonyl (C=O) groups excluding carboxylic acids is 1. The van der Waals surface area contributed by atoms with E-state index in [2.05, 4.69) is 24.1 Å². The Kier molecular flexibility index (Phi) is 7.83. The van der Waals surface area contributed by atoms with Crippen LogP contribution in [-0.2, 0) is 4.79 Å². The van der Waals surface area contributed by atoms with E-state index in [1.807, 2.05) is 24.1 Å². The highest BCUT2D eigenvalue weighted by Gasteiger charge is 2.25. The second-order valence-electron chi connectivity index (χ2n) is 6.25. The second kappa shape index (κ2) is 9.11.